The van der Waals surface area contributed by atoms with Gasteiger partial charge in [-0.05, 0) is 47.2 Å². The topological polar surface area (TPSA) is 4.93 Å². The van der Waals surface area contributed by atoms with Crippen LogP contribution in [0.1, 0.15) is 0 Å². The van der Waals surface area contributed by atoms with Crippen LogP contribution in [0.2, 0.25) is 0 Å². The molecule has 120 valence electrons. The first-order valence-electron chi connectivity index (χ1n) is 8.11. The van der Waals surface area contributed by atoms with Crippen LogP contribution in [0.15, 0.2) is 87.8 Å². The molecule has 0 bridgehead atoms. The van der Waals surface area contributed by atoms with Gasteiger partial charge in [0.2, 0.25) is 0 Å². The highest BCUT2D eigenvalue weighted by molar-refractivity contribution is 9.11. The molecule has 0 fully saturated rings. The van der Waals surface area contributed by atoms with Crippen LogP contribution in [-0.2, 0) is 0 Å². The molecular formula is C22H13Br2N. The summed E-state index contributed by atoms with van der Waals surface area (Å²) in [4.78, 5) is 0. The highest BCUT2D eigenvalue weighted by atomic mass is 79.9. The predicted molar refractivity (Wildman–Crippen MR) is 114 cm³/mol. The molecule has 3 heteroatoms. The fourth-order valence-electron chi connectivity index (χ4n) is 3.69. The van der Waals surface area contributed by atoms with E-state index in [9.17, 15) is 0 Å². The number of aromatic nitrogens is 1. The minimum absolute atomic E-state index is 1.12. The van der Waals surface area contributed by atoms with Crippen LogP contribution in [-0.4, -0.2) is 4.57 Å². The Morgan fingerprint density at radius 1 is 0.520 bits per heavy atom. The van der Waals surface area contributed by atoms with Gasteiger partial charge in [0, 0.05) is 25.4 Å². The zero-order valence-corrected chi connectivity index (χ0v) is 16.4. The van der Waals surface area contributed by atoms with E-state index in [1.807, 2.05) is 0 Å². The Hall–Kier alpha value is -2.10. The zero-order valence-electron chi connectivity index (χ0n) is 13.2. The van der Waals surface area contributed by atoms with Crippen LogP contribution in [0, 0.1) is 0 Å². The van der Waals surface area contributed by atoms with E-state index < -0.39 is 0 Å². The van der Waals surface area contributed by atoms with Gasteiger partial charge in [0.1, 0.15) is 0 Å². The van der Waals surface area contributed by atoms with Crippen LogP contribution in [0.4, 0.5) is 0 Å². The maximum Gasteiger partial charge on any atom is 0.0552 e. The fraction of sp³-hybridized carbons (Fsp3) is 0. The summed E-state index contributed by atoms with van der Waals surface area (Å²) in [6.45, 7) is 0. The van der Waals surface area contributed by atoms with Gasteiger partial charge in [-0.25, -0.2) is 0 Å². The quantitative estimate of drug-likeness (QED) is 0.249. The Kier molecular flexibility index (Phi) is 3.47. The number of para-hydroxylation sites is 1. The molecule has 0 unspecified atom stereocenters. The number of fused-ring (bicyclic) bond motifs is 5. The summed E-state index contributed by atoms with van der Waals surface area (Å²) in [5.41, 5.74) is 3.61. The van der Waals surface area contributed by atoms with Gasteiger partial charge in [0.05, 0.1) is 11.0 Å². The molecule has 1 nitrogen and oxygen atoms in total. The Balaban J connectivity index is 2.10. The summed E-state index contributed by atoms with van der Waals surface area (Å²) < 4.78 is 4.59. The van der Waals surface area contributed by atoms with Crippen molar-refractivity contribution in [3.63, 3.8) is 0 Å². The highest BCUT2D eigenvalue weighted by Gasteiger charge is 2.16. The number of nitrogens with zero attached hydrogens (tertiary/aromatic N) is 1. The standard InChI is InChI=1S/C22H13Br2N/c23-17-9-4-8-16-15(17)12-13-20-21(16)22-18(24)10-5-11-19(22)25(20)14-6-2-1-3-7-14/h1-13H. The van der Waals surface area contributed by atoms with Gasteiger partial charge >= 0.3 is 0 Å². The third-order valence-corrected chi connectivity index (χ3v) is 6.08. The Morgan fingerprint density at radius 2 is 1.24 bits per heavy atom. The molecule has 0 aliphatic heterocycles. The van der Waals surface area contributed by atoms with Crippen molar-refractivity contribution in [2.75, 3.05) is 0 Å². The molecule has 0 N–H and O–H groups in total. The van der Waals surface area contributed by atoms with Gasteiger partial charge in [-0.3, -0.25) is 0 Å². The van der Waals surface area contributed by atoms with E-state index >= 15 is 0 Å². The van der Waals surface area contributed by atoms with E-state index in [2.05, 4.69) is 115 Å². The van der Waals surface area contributed by atoms with Crippen molar-refractivity contribution < 1.29 is 0 Å². The van der Waals surface area contributed by atoms with Crippen LogP contribution < -0.4 is 0 Å². The molecule has 5 aromatic rings. The van der Waals surface area contributed by atoms with Crippen LogP contribution in [0.25, 0.3) is 38.3 Å². The first-order valence-corrected chi connectivity index (χ1v) is 9.69. The molecule has 0 aliphatic carbocycles. The van der Waals surface area contributed by atoms with E-state index in [1.54, 1.807) is 0 Å². The summed E-state index contributed by atoms with van der Waals surface area (Å²) in [5.74, 6) is 0. The fourth-order valence-corrected chi connectivity index (χ4v) is 4.74. The number of halogens is 2. The van der Waals surface area contributed by atoms with Gasteiger partial charge < -0.3 is 4.57 Å². The Bertz CT molecular complexity index is 1250. The Labute approximate surface area is 162 Å². The summed E-state index contributed by atoms with van der Waals surface area (Å²) >= 11 is 7.48. The molecule has 0 amide bonds. The maximum atomic E-state index is 3.78. The molecule has 1 heterocycles. The van der Waals surface area contributed by atoms with Crippen molar-refractivity contribution in [2.24, 2.45) is 0 Å². The first kappa shape index (κ1) is 15.2. The van der Waals surface area contributed by atoms with E-state index in [1.165, 1.54) is 38.3 Å². The molecular weight excluding hydrogens is 438 g/mol. The van der Waals surface area contributed by atoms with E-state index in [0.717, 1.165) is 8.95 Å². The van der Waals surface area contributed by atoms with Gasteiger partial charge in [0.25, 0.3) is 0 Å². The number of rotatable bonds is 1. The second-order valence-corrected chi connectivity index (χ2v) is 7.81. The molecule has 4 aromatic carbocycles. The minimum atomic E-state index is 1.12. The Morgan fingerprint density at radius 3 is 2.08 bits per heavy atom. The van der Waals surface area contributed by atoms with Crippen molar-refractivity contribution in [1.29, 1.82) is 0 Å². The van der Waals surface area contributed by atoms with Crippen LogP contribution >= 0.6 is 31.9 Å². The molecule has 0 aliphatic rings. The number of hydrogen-bond donors (Lipinski definition) is 0. The lowest BCUT2D eigenvalue weighted by molar-refractivity contribution is 1.18. The number of hydrogen-bond acceptors (Lipinski definition) is 0. The number of benzene rings is 4. The lowest BCUT2D eigenvalue weighted by Crippen LogP contribution is -1.92. The van der Waals surface area contributed by atoms with Crippen LogP contribution in [0.5, 0.6) is 0 Å². The van der Waals surface area contributed by atoms with Crippen molar-refractivity contribution in [1.82, 2.24) is 4.57 Å². The maximum absolute atomic E-state index is 3.78. The van der Waals surface area contributed by atoms with Crippen molar-refractivity contribution in [3.05, 3.63) is 87.8 Å². The molecule has 25 heavy (non-hydrogen) atoms. The average Bonchev–Trinajstić information content (AvgIpc) is 2.99. The van der Waals surface area contributed by atoms with Crippen LogP contribution in [0.3, 0.4) is 0 Å². The summed E-state index contributed by atoms with van der Waals surface area (Å²) in [5, 5.41) is 5.03. The minimum Gasteiger partial charge on any atom is -0.309 e. The van der Waals surface area contributed by atoms with Crippen molar-refractivity contribution >= 4 is 64.4 Å². The summed E-state index contributed by atoms with van der Waals surface area (Å²) in [7, 11) is 0. The second kappa shape index (κ2) is 5.72. The third-order valence-electron chi connectivity index (χ3n) is 4.72. The normalized spacial score (nSPS) is 11.6. The summed E-state index contributed by atoms with van der Waals surface area (Å²) in [6.07, 6.45) is 0. The molecule has 1 aromatic heterocycles. The van der Waals surface area contributed by atoms with Gasteiger partial charge in [-0.2, -0.15) is 0 Å². The monoisotopic (exact) mass is 449 g/mol. The summed E-state index contributed by atoms with van der Waals surface area (Å²) in [6, 6.07) is 27.8. The smallest absolute Gasteiger partial charge is 0.0552 e. The molecule has 0 spiro atoms. The highest BCUT2D eigenvalue weighted by Crippen LogP contribution is 2.41. The SMILES string of the molecule is Brc1cccc2c1ccc1c2c2c(Br)cccc2n1-c1ccccc1. The zero-order chi connectivity index (χ0) is 17.0. The third kappa shape index (κ3) is 2.19. The van der Waals surface area contributed by atoms with Gasteiger partial charge in [-0.15, -0.1) is 0 Å². The molecule has 0 atom stereocenters. The lowest BCUT2D eigenvalue weighted by atomic mass is 10.0. The molecule has 5 rings (SSSR count). The average molecular weight is 451 g/mol. The van der Waals surface area contributed by atoms with E-state index in [-0.39, 0.29) is 0 Å². The van der Waals surface area contributed by atoms with Crippen molar-refractivity contribution in [2.45, 2.75) is 0 Å². The van der Waals surface area contributed by atoms with Gasteiger partial charge in [0.15, 0.2) is 0 Å². The van der Waals surface area contributed by atoms with E-state index in [4.69, 9.17) is 0 Å². The largest absolute Gasteiger partial charge is 0.309 e. The molecule has 0 saturated carbocycles. The van der Waals surface area contributed by atoms with E-state index in [0.29, 0.717) is 0 Å². The first-order chi connectivity index (χ1) is 12.3. The predicted octanol–water partition coefficient (Wildman–Crippen LogP) is 7.46. The molecule has 0 radical (unpaired) electrons. The molecule has 0 saturated heterocycles. The van der Waals surface area contributed by atoms with Crippen molar-refractivity contribution in [3.8, 4) is 5.69 Å². The van der Waals surface area contributed by atoms with Gasteiger partial charge in [-0.1, -0.05) is 74.3 Å². The second-order valence-electron chi connectivity index (χ2n) is 6.10. The lowest BCUT2D eigenvalue weighted by Gasteiger charge is -2.08.